The van der Waals surface area contributed by atoms with E-state index in [-0.39, 0.29) is 5.78 Å². The highest BCUT2D eigenvalue weighted by Gasteiger charge is 2.35. The Morgan fingerprint density at radius 3 is 2.56 bits per heavy atom. The summed E-state index contributed by atoms with van der Waals surface area (Å²) in [6.45, 7) is 6.06. The zero-order chi connectivity index (χ0) is 11.6. The number of carbonyl (C=O) groups excluding carboxylic acids is 1. The van der Waals surface area contributed by atoms with Crippen LogP contribution in [0.2, 0.25) is 0 Å². The molecule has 1 aromatic heterocycles. The van der Waals surface area contributed by atoms with Crippen molar-refractivity contribution in [3.05, 3.63) is 24.2 Å². The molecule has 0 unspecified atom stereocenters. The molecule has 0 bridgehead atoms. The van der Waals surface area contributed by atoms with Crippen LogP contribution in [0, 0.1) is 0 Å². The molecule has 2 heterocycles. The second kappa shape index (κ2) is 4.42. The number of ketones is 1. The monoisotopic (exact) mass is 221 g/mol. The lowest BCUT2D eigenvalue weighted by Gasteiger charge is -2.39. The molecule has 3 heteroatoms. The first-order valence-corrected chi connectivity index (χ1v) is 5.94. The average Bonchev–Trinajstić information content (AvgIpc) is 2.82. The summed E-state index contributed by atoms with van der Waals surface area (Å²) in [5.74, 6) is 0.156. The van der Waals surface area contributed by atoms with Gasteiger partial charge in [0.15, 0.2) is 5.78 Å². The molecule has 0 radical (unpaired) electrons. The van der Waals surface area contributed by atoms with E-state index in [1.165, 1.54) is 25.5 Å². The van der Waals surface area contributed by atoms with Crippen LogP contribution in [0.5, 0.6) is 0 Å². The van der Waals surface area contributed by atoms with Crippen LogP contribution in [0.3, 0.4) is 0 Å². The molecule has 0 spiro atoms. The van der Waals surface area contributed by atoms with E-state index < -0.39 is 5.54 Å². The lowest BCUT2D eigenvalue weighted by molar-refractivity contribution is 0.0578. The summed E-state index contributed by atoms with van der Waals surface area (Å²) >= 11 is 0. The summed E-state index contributed by atoms with van der Waals surface area (Å²) in [6.07, 6.45) is 6.77. The highest BCUT2D eigenvalue weighted by atomic mass is 16.3. The topological polar surface area (TPSA) is 33.5 Å². The van der Waals surface area contributed by atoms with Crippen molar-refractivity contribution >= 4 is 5.78 Å². The van der Waals surface area contributed by atoms with Gasteiger partial charge < -0.3 is 4.42 Å². The Labute approximate surface area is 96.4 Å². The fraction of sp³-hybridized carbons (Fsp3) is 0.615. The number of hydrogen-bond acceptors (Lipinski definition) is 3. The summed E-state index contributed by atoms with van der Waals surface area (Å²) in [7, 11) is 0. The van der Waals surface area contributed by atoms with Gasteiger partial charge in [0.05, 0.1) is 17.4 Å². The van der Waals surface area contributed by atoms with Crippen LogP contribution in [0.25, 0.3) is 0 Å². The quantitative estimate of drug-likeness (QED) is 0.736. The Kier molecular flexibility index (Phi) is 3.15. The normalized spacial score (nSPS) is 18.6. The largest absolute Gasteiger partial charge is 0.472 e. The van der Waals surface area contributed by atoms with E-state index in [1.807, 2.05) is 13.8 Å². The van der Waals surface area contributed by atoms with E-state index in [0.29, 0.717) is 5.56 Å². The third-order valence-corrected chi connectivity index (χ3v) is 3.49. The fourth-order valence-corrected chi connectivity index (χ4v) is 2.34. The molecule has 88 valence electrons. The second-order valence-corrected chi connectivity index (χ2v) is 4.95. The number of furan rings is 1. The van der Waals surface area contributed by atoms with E-state index in [9.17, 15) is 4.79 Å². The minimum Gasteiger partial charge on any atom is -0.472 e. The van der Waals surface area contributed by atoms with Crippen LogP contribution < -0.4 is 0 Å². The molecule has 1 aliphatic heterocycles. The Balaban J connectivity index is 2.14. The van der Waals surface area contributed by atoms with Crippen LogP contribution in [0.15, 0.2) is 23.0 Å². The van der Waals surface area contributed by atoms with Gasteiger partial charge in [0, 0.05) is 0 Å². The first-order valence-electron chi connectivity index (χ1n) is 5.94. The lowest BCUT2D eigenvalue weighted by atomic mass is 9.90. The summed E-state index contributed by atoms with van der Waals surface area (Å²) in [4.78, 5) is 14.6. The number of likely N-dealkylation sites (tertiary alicyclic amines) is 1. The van der Waals surface area contributed by atoms with E-state index in [2.05, 4.69) is 4.90 Å². The van der Waals surface area contributed by atoms with E-state index >= 15 is 0 Å². The van der Waals surface area contributed by atoms with Crippen molar-refractivity contribution < 1.29 is 9.21 Å². The van der Waals surface area contributed by atoms with Gasteiger partial charge in [-0.2, -0.15) is 0 Å². The third-order valence-electron chi connectivity index (χ3n) is 3.49. The van der Waals surface area contributed by atoms with E-state index in [1.54, 1.807) is 12.3 Å². The molecule has 1 aliphatic rings. The van der Waals surface area contributed by atoms with Crippen molar-refractivity contribution in [1.29, 1.82) is 0 Å². The molecule has 1 saturated heterocycles. The molecular formula is C13H19NO2. The summed E-state index contributed by atoms with van der Waals surface area (Å²) < 4.78 is 4.98. The predicted octanol–water partition coefficient (Wildman–Crippen LogP) is 2.73. The molecule has 0 aromatic carbocycles. The fourth-order valence-electron chi connectivity index (χ4n) is 2.34. The SMILES string of the molecule is CC(C)(C(=O)c1ccoc1)N1CCCCC1. The maximum absolute atomic E-state index is 12.3. The van der Waals surface area contributed by atoms with Gasteiger partial charge in [-0.3, -0.25) is 9.69 Å². The van der Waals surface area contributed by atoms with Crippen molar-refractivity contribution in [2.75, 3.05) is 13.1 Å². The number of piperidine rings is 1. The predicted molar refractivity (Wildman–Crippen MR) is 62.5 cm³/mol. The van der Waals surface area contributed by atoms with Crippen molar-refractivity contribution in [2.45, 2.75) is 38.6 Å². The number of rotatable bonds is 3. The van der Waals surface area contributed by atoms with Gasteiger partial charge in [-0.1, -0.05) is 6.42 Å². The standard InChI is InChI=1S/C13H19NO2/c1-13(2,14-7-4-3-5-8-14)12(15)11-6-9-16-10-11/h6,9-10H,3-5,7-8H2,1-2H3. The van der Waals surface area contributed by atoms with Gasteiger partial charge in [-0.25, -0.2) is 0 Å². The van der Waals surface area contributed by atoms with Gasteiger partial charge in [0.25, 0.3) is 0 Å². The zero-order valence-electron chi connectivity index (χ0n) is 10.0. The van der Waals surface area contributed by atoms with Crippen LogP contribution in [0.1, 0.15) is 43.5 Å². The van der Waals surface area contributed by atoms with Crippen LogP contribution >= 0.6 is 0 Å². The van der Waals surface area contributed by atoms with Crippen LogP contribution in [-0.2, 0) is 0 Å². The minimum atomic E-state index is -0.412. The van der Waals surface area contributed by atoms with E-state index in [4.69, 9.17) is 4.42 Å². The maximum atomic E-state index is 12.3. The van der Waals surface area contributed by atoms with Gasteiger partial charge in [-0.15, -0.1) is 0 Å². The van der Waals surface area contributed by atoms with Crippen LogP contribution in [-0.4, -0.2) is 29.3 Å². The number of Topliss-reactive ketones (excluding diaryl/α,β-unsaturated/α-hetero) is 1. The number of nitrogens with zero attached hydrogens (tertiary/aromatic N) is 1. The zero-order valence-corrected chi connectivity index (χ0v) is 10.0. The first kappa shape index (κ1) is 11.4. The van der Waals surface area contributed by atoms with Crippen molar-refractivity contribution in [1.82, 2.24) is 4.90 Å². The third kappa shape index (κ3) is 2.05. The lowest BCUT2D eigenvalue weighted by Crippen LogP contribution is -2.52. The second-order valence-electron chi connectivity index (χ2n) is 4.95. The summed E-state index contributed by atoms with van der Waals surface area (Å²) in [5, 5.41) is 0. The minimum absolute atomic E-state index is 0.156. The molecule has 16 heavy (non-hydrogen) atoms. The van der Waals surface area contributed by atoms with Gasteiger partial charge >= 0.3 is 0 Å². The highest BCUT2D eigenvalue weighted by Crippen LogP contribution is 2.24. The number of carbonyl (C=O) groups is 1. The van der Waals surface area contributed by atoms with Crippen LogP contribution in [0.4, 0.5) is 0 Å². The Bertz CT molecular complexity index is 348. The molecule has 0 amide bonds. The molecular weight excluding hydrogens is 202 g/mol. The van der Waals surface area contributed by atoms with Crippen molar-refractivity contribution in [3.8, 4) is 0 Å². The average molecular weight is 221 g/mol. The first-order chi connectivity index (χ1) is 7.62. The summed E-state index contributed by atoms with van der Waals surface area (Å²) in [5.41, 5.74) is 0.264. The van der Waals surface area contributed by atoms with Crippen molar-refractivity contribution in [3.63, 3.8) is 0 Å². The number of hydrogen-bond donors (Lipinski definition) is 0. The molecule has 0 aliphatic carbocycles. The smallest absolute Gasteiger partial charge is 0.185 e. The Morgan fingerprint density at radius 1 is 1.31 bits per heavy atom. The molecule has 1 aromatic rings. The highest BCUT2D eigenvalue weighted by molar-refractivity contribution is 6.02. The molecule has 1 fully saturated rings. The Morgan fingerprint density at radius 2 is 2.00 bits per heavy atom. The molecule has 0 atom stereocenters. The summed E-state index contributed by atoms with van der Waals surface area (Å²) in [6, 6.07) is 1.74. The van der Waals surface area contributed by atoms with Gasteiger partial charge in [0.1, 0.15) is 6.26 Å². The van der Waals surface area contributed by atoms with Gasteiger partial charge in [0.2, 0.25) is 0 Å². The van der Waals surface area contributed by atoms with Gasteiger partial charge in [-0.05, 0) is 45.8 Å². The van der Waals surface area contributed by atoms with Crippen molar-refractivity contribution in [2.24, 2.45) is 0 Å². The Hall–Kier alpha value is -1.09. The maximum Gasteiger partial charge on any atom is 0.185 e. The molecule has 0 saturated carbocycles. The van der Waals surface area contributed by atoms with E-state index in [0.717, 1.165) is 13.1 Å². The molecule has 0 N–H and O–H groups in total. The molecule has 2 rings (SSSR count). The molecule has 3 nitrogen and oxygen atoms in total.